The van der Waals surface area contributed by atoms with Gasteiger partial charge in [-0.1, -0.05) is 84.9 Å². The zero-order valence-electron chi connectivity index (χ0n) is 22.4. The van der Waals surface area contributed by atoms with Crippen molar-refractivity contribution in [2.45, 2.75) is 38.8 Å². The molecule has 1 amide bonds. The van der Waals surface area contributed by atoms with Crippen LogP contribution in [0.5, 0.6) is 0 Å². The molecular formula is C36H31NO3. The molecule has 1 aliphatic heterocycles. The van der Waals surface area contributed by atoms with Crippen LogP contribution in [0.15, 0.2) is 91.0 Å². The van der Waals surface area contributed by atoms with Crippen LogP contribution < -0.4 is 15.8 Å². The summed E-state index contributed by atoms with van der Waals surface area (Å²) in [6.45, 7) is 0.925. The Morgan fingerprint density at radius 3 is 2.52 bits per heavy atom. The highest BCUT2D eigenvalue weighted by Crippen LogP contribution is 2.18. The lowest BCUT2D eigenvalue weighted by molar-refractivity contribution is -0.116. The minimum atomic E-state index is -0.272. The molecule has 4 heteroatoms. The van der Waals surface area contributed by atoms with Crippen molar-refractivity contribution in [2.75, 3.05) is 0 Å². The van der Waals surface area contributed by atoms with Crippen molar-refractivity contribution in [1.82, 2.24) is 5.32 Å². The Balaban J connectivity index is 0.000000201. The number of benzene rings is 4. The van der Waals surface area contributed by atoms with Crippen molar-refractivity contribution in [1.29, 1.82) is 0 Å². The van der Waals surface area contributed by atoms with Crippen LogP contribution in [0.3, 0.4) is 0 Å². The molecule has 0 unspecified atom stereocenters. The zero-order chi connectivity index (χ0) is 27.3. The number of esters is 1. The molecular weight excluding hydrogens is 494 g/mol. The third-order valence-electron chi connectivity index (χ3n) is 7.70. The quantitative estimate of drug-likeness (QED) is 0.378. The lowest BCUT2D eigenvalue weighted by Crippen LogP contribution is -2.20. The summed E-state index contributed by atoms with van der Waals surface area (Å²) < 4.78 is 5.49. The Kier molecular flexibility index (Phi) is 7.41. The second-order valence-corrected chi connectivity index (χ2v) is 10.3. The van der Waals surface area contributed by atoms with Crippen LogP contribution in [0.2, 0.25) is 0 Å². The fraction of sp³-hybridized carbons (Fsp3) is 0.167. The molecule has 1 heterocycles. The summed E-state index contributed by atoms with van der Waals surface area (Å²) in [5.74, 6) is -0.294. The van der Waals surface area contributed by atoms with Gasteiger partial charge >= 0.3 is 5.97 Å². The number of hydrogen-bond acceptors (Lipinski definition) is 3. The second-order valence-electron chi connectivity index (χ2n) is 10.3. The Hall–Kier alpha value is -4.70. The predicted molar refractivity (Wildman–Crippen MR) is 158 cm³/mol. The molecule has 0 saturated heterocycles. The molecule has 1 N–H and O–H groups in total. The molecule has 4 aromatic rings. The zero-order valence-corrected chi connectivity index (χ0v) is 22.4. The monoisotopic (exact) mass is 525 g/mol. The van der Waals surface area contributed by atoms with Crippen molar-refractivity contribution < 1.29 is 14.3 Å². The smallest absolute Gasteiger partial charge is 0.338 e. The second kappa shape index (κ2) is 11.6. The average Bonchev–Trinajstić information content (AvgIpc) is 3.21. The topological polar surface area (TPSA) is 55.4 Å². The lowest BCUT2D eigenvalue weighted by atomic mass is 9.88. The maximum Gasteiger partial charge on any atom is 0.338 e. The summed E-state index contributed by atoms with van der Waals surface area (Å²) in [6, 6.07) is 28.2. The Morgan fingerprint density at radius 2 is 1.62 bits per heavy atom. The number of ether oxygens (including phenoxy) is 1. The fourth-order valence-corrected chi connectivity index (χ4v) is 5.61. The molecule has 7 rings (SSSR count). The summed E-state index contributed by atoms with van der Waals surface area (Å²) in [4.78, 5) is 23.5. The predicted octanol–water partition coefficient (Wildman–Crippen LogP) is 5.11. The van der Waals surface area contributed by atoms with E-state index < -0.39 is 0 Å². The molecule has 4 nitrogen and oxygen atoms in total. The molecule has 0 saturated carbocycles. The third-order valence-corrected chi connectivity index (χ3v) is 7.70. The molecule has 2 aliphatic carbocycles. The van der Waals surface area contributed by atoms with Crippen LogP contribution in [0.1, 0.15) is 51.0 Å². The van der Waals surface area contributed by atoms with Gasteiger partial charge in [-0.05, 0) is 92.6 Å². The van der Waals surface area contributed by atoms with Gasteiger partial charge in [-0.15, -0.1) is 0 Å². The van der Waals surface area contributed by atoms with Gasteiger partial charge in [0, 0.05) is 12.6 Å². The van der Waals surface area contributed by atoms with Crippen LogP contribution in [-0.2, 0) is 35.5 Å². The maximum atomic E-state index is 12.5. The summed E-state index contributed by atoms with van der Waals surface area (Å²) in [5.41, 5.74) is 6.87. The standard InChI is InChI=1S/C26H22O2.C10H9NO/c27-26(28-17-18-6-2-1-3-7-18)21-12-13-23-20(16-21)11-15-24-22-9-5-4-8-19(22)10-14-25(23)24;12-10-6-5-8-3-1-2-4-9(8)7-11-10/h1-3,6-8,10-14,16H,4-5,9,15,17H2;1-6H,7H2,(H,11,12). The van der Waals surface area contributed by atoms with Gasteiger partial charge < -0.3 is 10.1 Å². The first-order chi connectivity index (χ1) is 19.7. The number of fused-ring (bicyclic) bond motifs is 5. The van der Waals surface area contributed by atoms with Gasteiger partial charge in [0.2, 0.25) is 5.91 Å². The summed E-state index contributed by atoms with van der Waals surface area (Å²) >= 11 is 0. The van der Waals surface area contributed by atoms with Crippen LogP contribution in [-0.4, -0.2) is 11.9 Å². The minimum Gasteiger partial charge on any atom is -0.457 e. The number of hydrogen-bond donors (Lipinski definition) is 1. The first-order valence-corrected chi connectivity index (χ1v) is 13.9. The molecule has 0 spiro atoms. The summed E-state index contributed by atoms with van der Waals surface area (Å²) in [5, 5.41) is 7.84. The minimum absolute atomic E-state index is 0.0220. The Labute approximate surface area is 233 Å². The van der Waals surface area contributed by atoms with Crippen molar-refractivity contribution in [3.8, 4) is 0 Å². The summed E-state index contributed by atoms with van der Waals surface area (Å²) in [7, 11) is 0. The molecule has 0 aromatic heterocycles. The number of carbonyl (C=O) groups is 2. The molecule has 4 aromatic carbocycles. The van der Waals surface area contributed by atoms with E-state index in [4.69, 9.17) is 4.74 Å². The van der Waals surface area contributed by atoms with E-state index in [1.54, 1.807) is 6.08 Å². The van der Waals surface area contributed by atoms with Gasteiger partial charge in [0.05, 0.1) is 5.56 Å². The lowest BCUT2D eigenvalue weighted by Gasteiger charge is -2.16. The molecule has 198 valence electrons. The van der Waals surface area contributed by atoms with Gasteiger partial charge in [-0.2, -0.15) is 0 Å². The highest BCUT2D eigenvalue weighted by molar-refractivity contribution is 5.93. The Morgan fingerprint density at radius 1 is 0.800 bits per heavy atom. The SMILES string of the molecule is O=C(OCc1ccccc1)c1ccc2c(c1)=CCc1c3c(ccc1=2)=CCCC3.O=C1C=Cc2ccccc2CN1. The van der Waals surface area contributed by atoms with E-state index in [0.717, 1.165) is 22.8 Å². The van der Waals surface area contributed by atoms with Crippen LogP contribution in [0.4, 0.5) is 0 Å². The fourth-order valence-electron chi connectivity index (χ4n) is 5.61. The molecule has 0 fully saturated rings. The molecule has 0 atom stereocenters. The van der Waals surface area contributed by atoms with E-state index in [2.05, 4.69) is 35.7 Å². The average molecular weight is 526 g/mol. The van der Waals surface area contributed by atoms with E-state index in [1.165, 1.54) is 51.6 Å². The van der Waals surface area contributed by atoms with E-state index in [9.17, 15) is 9.59 Å². The first-order valence-electron chi connectivity index (χ1n) is 13.9. The van der Waals surface area contributed by atoms with Crippen LogP contribution in [0, 0.1) is 10.4 Å². The summed E-state index contributed by atoms with van der Waals surface area (Å²) in [6.07, 6.45) is 12.5. The van der Waals surface area contributed by atoms with Crippen molar-refractivity contribution in [2.24, 2.45) is 0 Å². The normalized spacial score (nSPS) is 14.2. The highest BCUT2D eigenvalue weighted by Gasteiger charge is 2.13. The first kappa shape index (κ1) is 25.6. The van der Waals surface area contributed by atoms with E-state index in [-0.39, 0.29) is 11.9 Å². The van der Waals surface area contributed by atoms with E-state index >= 15 is 0 Å². The number of carbonyl (C=O) groups excluding carboxylic acids is 2. The van der Waals surface area contributed by atoms with Crippen molar-refractivity contribution in [3.05, 3.63) is 145 Å². The van der Waals surface area contributed by atoms with Gasteiger partial charge in [-0.25, -0.2) is 4.79 Å². The van der Waals surface area contributed by atoms with Gasteiger partial charge in [0.1, 0.15) is 6.61 Å². The maximum absolute atomic E-state index is 12.5. The van der Waals surface area contributed by atoms with Gasteiger partial charge in [0.25, 0.3) is 0 Å². The number of rotatable bonds is 3. The number of amides is 1. The van der Waals surface area contributed by atoms with Gasteiger partial charge in [0.15, 0.2) is 0 Å². The van der Waals surface area contributed by atoms with Crippen molar-refractivity contribution in [3.63, 3.8) is 0 Å². The molecule has 0 radical (unpaired) electrons. The van der Waals surface area contributed by atoms with Gasteiger partial charge in [-0.3, -0.25) is 4.79 Å². The molecule has 3 aliphatic rings. The van der Waals surface area contributed by atoms with Crippen molar-refractivity contribution >= 4 is 30.1 Å². The highest BCUT2D eigenvalue weighted by atomic mass is 16.5. The Bertz CT molecular complexity index is 1840. The number of nitrogens with one attached hydrogen (secondary N) is 1. The third kappa shape index (κ3) is 5.52. The van der Waals surface area contributed by atoms with Crippen LogP contribution >= 0.6 is 0 Å². The molecule has 0 bridgehead atoms. The van der Waals surface area contributed by atoms with E-state index in [0.29, 0.717) is 18.7 Å². The largest absolute Gasteiger partial charge is 0.457 e. The van der Waals surface area contributed by atoms with E-state index in [1.807, 2.05) is 72.8 Å². The van der Waals surface area contributed by atoms with Crippen LogP contribution in [0.25, 0.3) is 18.2 Å². The molecule has 40 heavy (non-hydrogen) atoms.